The Hall–Kier alpha value is -1.59. The zero-order valence-electron chi connectivity index (χ0n) is 14.3. The van der Waals surface area contributed by atoms with Crippen molar-refractivity contribution in [3.05, 3.63) is 35.4 Å². The van der Waals surface area contributed by atoms with Gasteiger partial charge in [0.25, 0.3) is 10.0 Å². The number of hydrogen-bond donors (Lipinski definition) is 0. The van der Waals surface area contributed by atoms with Crippen molar-refractivity contribution in [2.24, 2.45) is 0 Å². The Morgan fingerprint density at radius 1 is 1.13 bits per heavy atom. The molecular weight excluding hydrogens is 308 g/mol. The second-order valence-corrected chi connectivity index (χ2v) is 10.2. The van der Waals surface area contributed by atoms with E-state index in [1.807, 2.05) is 32.9 Å². The highest BCUT2D eigenvalue weighted by molar-refractivity contribution is 7.93. The van der Waals surface area contributed by atoms with Crippen molar-refractivity contribution >= 4 is 26.5 Å². The molecule has 0 amide bonds. The molecule has 122 valence electrons. The number of fused-ring (bicyclic) bond motifs is 2. The van der Waals surface area contributed by atoms with Crippen LogP contribution in [0.2, 0.25) is 0 Å². The molecule has 4 nitrogen and oxygen atoms in total. The standard InChI is InChI=1S/C18H23N2O2S/c1-18(2,3)19-17-14-11-20(4,5)10-13(14)9-12-7-6-8-15(16(12)17)23(19,21)22/h6-9H,10-11H2,1-5H3/q+1. The lowest BCUT2D eigenvalue weighted by Gasteiger charge is -2.34. The van der Waals surface area contributed by atoms with Crippen LogP contribution in [0.4, 0.5) is 5.69 Å². The largest absolute Gasteiger partial charge is 0.321 e. The van der Waals surface area contributed by atoms with Crippen molar-refractivity contribution < 1.29 is 12.9 Å². The van der Waals surface area contributed by atoms with Crippen LogP contribution in [0.15, 0.2) is 29.2 Å². The highest BCUT2D eigenvalue weighted by Crippen LogP contribution is 2.50. The van der Waals surface area contributed by atoms with Gasteiger partial charge in [-0.15, -0.1) is 0 Å². The average Bonchev–Trinajstić information content (AvgIpc) is 2.81. The molecule has 0 N–H and O–H groups in total. The predicted molar refractivity (Wildman–Crippen MR) is 92.9 cm³/mol. The number of rotatable bonds is 0. The summed E-state index contributed by atoms with van der Waals surface area (Å²) in [5.74, 6) is 0. The lowest BCUT2D eigenvalue weighted by atomic mass is 9.98. The molecule has 0 spiro atoms. The summed E-state index contributed by atoms with van der Waals surface area (Å²) in [6.45, 7) is 7.72. The van der Waals surface area contributed by atoms with Crippen LogP contribution in [-0.4, -0.2) is 32.5 Å². The Balaban J connectivity index is 2.17. The van der Waals surface area contributed by atoms with Gasteiger partial charge in [-0.1, -0.05) is 12.1 Å². The van der Waals surface area contributed by atoms with Crippen LogP contribution in [0.1, 0.15) is 31.9 Å². The molecule has 0 aromatic heterocycles. The fourth-order valence-electron chi connectivity index (χ4n) is 4.12. The van der Waals surface area contributed by atoms with Crippen LogP contribution in [-0.2, 0) is 23.1 Å². The van der Waals surface area contributed by atoms with E-state index in [1.165, 1.54) is 11.1 Å². The van der Waals surface area contributed by atoms with Gasteiger partial charge in [0.1, 0.15) is 13.1 Å². The summed E-state index contributed by atoms with van der Waals surface area (Å²) in [7, 11) is 0.907. The lowest BCUT2D eigenvalue weighted by molar-refractivity contribution is -0.909. The van der Waals surface area contributed by atoms with Gasteiger partial charge >= 0.3 is 0 Å². The van der Waals surface area contributed by atoms with E-state index in [0.717, 1.165) is 34.0 Å². The molecule has 0 saturated carbocycles. The maximum atomic E-state index is 13.2. The molecule has 2 heterocycles. The zero-order valence-corrected chi connectivity index (χ0v) is 15.2. The molecule has 0 radical (unpaired) electrons. The van der Waals surface area contributed by atoms with Gasteiger partial charge in [-0.25, -0.2) is 8.42 Å². The average molecular weight is 331 g/mol. The van der Waals surface area contributed by atoms with Gasteiger partial charge < -0.3 is 4.48 Å². The summed E-state index contributed by atoms with van der Waals surface area (Å²) in [4.78, 5) is 0.458. The maximum absolute atomic E-state index is 13.2. The highest BCUT2D eigenvalue weighted by atomic mass is 32.2. The quantitative estimate of drug-likeness (QED) is 0.695. The number of quaternary nitrogens is 1. The topological polar surface area (TPSA) is 37.4 Å². The first-order chi connectivity index (χ1) is 10.5. The zero-order chi connectivity index (χ0) is 16.8. The molecule has 0 aliphatic carbocycles. The predicted octanol–water partition coefficient (Wildman–Crippen LogP) is 3.24. The lowest BCUT2D eigenvalue weighted by Crippen LogP contribution is -2.44. The SMILES string of the molecule is CC(C)(C)N1c2c3c(cc4cccc(c24)S1(=O)=O)C[N+](C)(C)C3. The highest BCUT2D eigenvalue weighted by Gasteiger charge is 2.46. The van der Waals surface area contributed by atoms with Crippen molar-refractivity contribution in [3.63, 3.8) is 0 Å². The summed E-state index contributed by atoms with van der Waals surface area (Å²) < 4.78 is 28.9. The van der Waals surface area contributed by atoms with E-state index < -0.39 is 15.6 Å². The van der Waals surface area contributed by atoms with Gasteiger partial charge in [0.15, 0.2) is 0 Å². The third kappa shape index (κ3) is 1.90. The van der Waals surface area contributed by atoms with Crippen LogP contribution < -0.4 is 4.31 Å². The van der Waals surface area contributed by atoms with Crippen molar-refractivity contribution in [3.8, 4) is 0 Å². The molecule has 0 fully saturated rings. The van der Waals surface area contributed by atoms with Gasteiger partial charge in [0.05, 0.1) is 24.7 Å². The first-order valence-corrected chi connectivity index (χ1v) is 9.41. The summed E-state index contributed by atoms with van der Waals surface area (Å²) in [6.07, 6.45) is 0. The third-order valence-corrected chi connectivity index (χ3v) is 6.92. The Labute approximate surface area is 138 Å². The van der Waals surface area contributed by atoms with Crippen molar-refractivity contribution in [2.75, 3.05) is 18.4 Å². The molecule has 0 saturated heterocycles. The van der Waals surface area contributed by atoms with E-state index in [9.17, 15) is 8.42 Å². The summed E-state index contributed by atoms with van der Waals surface area (Å²) in [6, 6.07) is 7.82. The maximum Gasteiger partial charge on any atom is 0.265 e. The van der Waals surface area contributed by atoms with Gasteiger partial charge in [-0.05, 0) is 38.3 Å². The molecule has 0 bridgehead atoms. The number of nitrogens with zero attached hydrogens (tertiary/aromatic N) is 2. The van der Waals surface area contributed by atoms with E-state index in [2.05, 4.69) is 20.2 Å². The van der Waals surface area contributed by atoms with E-state index in [4.69, 9.17) is 0 Å². The molecule has 2 aromatic carbocycles. The molecular formula is C18H23N2O2S+. The van der Waals surface area contributed by atoms with Crippen molar-refractivity contribution in [2.45, 2.75) is 44.3 Å². The Kier molecular flexibility index (Phi) is 2.66. The first kappa shape index (κ1) is 15.0. The van der Waals surface area contributed by atoms with E-state index in [-0.39, 0.29) is 0 Å². The van der Waals surface area contributed by atoms with Gasteiger partial charge in [-0.3, -0.25) is 4.31 Å². The number of sulfonamides is 1. The second kappa shape index (κ2) is 4.08. The molecule has 0 atom stereocenters. The van der Waals surface area contributed by atoms with Crippen LogP contribution in [0.25, 0.3) is 10.8 Å². The van der Waals surface area contributed by atoms with Crippen LogP contribution in [0, 0.1) is 0 Å². The number of anilines is 1. The second-order valence-electron chi connectivity index (χ2n) is 8.41. The third-order valence-electron chi connectivity index (χ3n) is 4.81. The summed E-state index contributed by atoms with van der Waals surface area (Å²) in [5, 5.41) is 1.94. The Bertz CT molecular complexity index is 953. The Morgan fingerprint density at radius 3 is 2.48 bits per heavy atom. The molecule has 2 aliphatic rings. The Morgan fingerprint density at radius 2 is 1.83 bits per heavy atom. The summed E-state index contributed by atoms with van der Waals surface area (Å²) in [5.41, 5.74) is 2.91. The molecule has 4 rings (SSSR count). The van der Waals surface area contributed by atoms with Crippen molar-refractivity contribution in [1.29, 1.82) is 0 Å². The molecule has 0 unspecified atom stereocenters. The number of hydrogen-bond acceptors (Lipinski definition) is 2. The minimum Gasteiger partial charge on any atom is -0.321 e. The first-order valence-electron chi connectivity index (χ1n) is 7.97. The minimum atomic E-state index is -3.49. The van der Waals surface area contributed by atoms with Crippen LogP contribution in [0.5, 0.6) is 0 Å². The fourth-order valence-corrected chi connectivity index (χ4v) is 6.20. The molecule has 23 heavy (non-hydrogen) atoms. The van der Waals surface area contributed by atoms with E-state index >= 15 is 0 Å². The number of benzene rings is 2. The normalized spacial score (nSPS) is 21.0. The van der Waals surface area contributed by atoms with Gasteiger partial charge in [0.2, 0.25) is 0 Å². The monoisotopic (exact) mass is 331 g/mol. The van der Waals surface area contributed by atoms with Crippen LogP contribution in [0.3, 0.4) is 0 Å². The molecule has 5 heteroatoms. The fraction of sp³-hybridized carbons (Fsp3) is 0.444. The van der Waals surface area contributed by atoms with Crippen LogP contribution >= 0.6 is 0 Å². The van der Waals surface area contributed by atoms with Crippen molar-refractivity contribution in [1.82, 2.24) is 0 Å². The summed E-state index contributed by atoms with van der Waals surface area (Å²) >= 11 is 0. The van der Waals surface area contributed by atoms with E-state index in [0.29, 0.717) is 4.90 Å². The minimum absolute atomic E-state index is 0.458. The van der Waals surface area contributed by atoms with Gasteiger partial charge in [0, 0.05) is 22.1 Å². The van der Waals surface area contributed by atoms with Gasteiger partial charge in [-0.2, -0.15) is 0 Å². The molecule has 2 aliphatic heterocycles. The smallest absolute Gasteiger partial charge is 0.265 e. The van der Waals surface area contributed by atoms with E-state index in [1.54, 1.807) is 10.4 Å². The molecule has 2 aromatic rings.